The zero-order chi connectivity index (χ0) is 10.8. The summed E-state index contributed by atoms with van der Waals surface area (Å²) in [5.74, 6) is -1.66. The van der Waals surface area contributed by atoms with Crippen molar-refractivity contribution in [1.82, 2.24) is 0 Å². The zero-order valence-electron chi connectivity index (χ0n) is 7.20. The molecule has 0 fully saturated rings. The fraction of sp³-hybridized carbons (Fsp3) is 0.250. The minimum absolute atomic E-state index is 0.127. The Hall–Kier alpha value is -1.17. The molecule has 0 spiro atoms. The number of hydrogen-bond donors (Lipinski definition) is 1. The second-order valence-corrected chi connectivity index (χ2v) is 4.78. The van der Waals surface area contributed by atoms with Gasteiger partial charge in [-0.2, -0.15) is 0 Å². The number of sulfone groups is 1. The normalized spacial score (nSPS) is 11.6. The van der Waals surface area contributed by atoms with Crippen LogP contribution < -0.4 is 5.73 Å². The van der Waals surface area contributed by atoms with E-state index in [0.29, 0.717) is 0 Å². The molecule has 0 unspecified atom stereocenters. The maximum atomic E-state index is 13.1. The van der Waals surface area contributed by atoms with Crippen molar-refractivity contribution < 1.29 is 17.2 Å². The third-order valence-electron chi connectivity index (χ3n) is 1.64. The number of anilines is 1. The molecular formula is C8H9F2NO2S. The third-order valence-corrected chi connectivity index (χ3v) is 3.33. The van der Waals surface area contributed by atoms with E-state index in [4.69, 9.17) is 5.73 Å². The van der Waals surface area contributed by atoms with Gasteiger partial charge in [0.2, 0.25) is 0 Å². The first-order valence-corrected chi connectivity index (χ1v) is 5.46. The highest BCUT2D eigenvalue weighted by Crippen LogP contribution is 2.18. The molecule has 0 atom stereocenters. The van der Waals surface area contributed by atoms with Gasteiger partial charge in [0.05, 0.1) is 5.75 Å². The molecule has 0 aliphatic carbocycles. The largest absolute Gasteiger partial charge is 0.399 e. The Kier molecular flexibility index (Phi) is 3.05. The molecule has 1 aromatic rings. The van der Waals surface area contributed by atoms with E-state index >= 15 is 0 Å². The van der Waals surface area contributed by atoms with Crippen LogP contribution in [0.1, 0.15) is 0 Å². The molecule has 1 aromatic carbocycles. The summed E-state index contributed by atoms with van der Waals surface area (Å²) in [5, 5.41) is 0. The number of halogens is 2. The Morgan fingerprint density at radius 2 is 2.00 bits per heavy atom. The molecule has 6 heteroatoms. The first kappa shape index (κ1) is 10.9. The van der Waals surface area contributed by atoms with Crippen molar-refractivity contribution in [3.05, 3.63) is 24.0 Å². The highest BCUT2D eigenvalue weighted by atomic mass is 32.2. The van der Waals surface area contributed by atoms with Crippen LogP contribution in [0, 0.1) is 5.82 Å². The predicted octanol–water partition coefficient (Wildman–Crippen LogP) is 1.15. The minimum atomic E-state index is -3.86. The predicted molar refractivity (Wildman–Crippen MR) is 48.8 cm³/mol. The topological polar surface area (TPSA) is 60.2 Å². The van der Waals surface area contributed by atoms with E-state index in [0.717, 1.165) is 12.1 Å². The maximum Gasteiger partial charge on any atom is 0.183 e. The van der Waals surface area contributed by atoms with E-state index in [1.165, 1.54) is 6.07 Å². The summed E-state index contributed by atoms with van der Waals surface area (Å²) >= 11 is 0. The number of rotatable bonds is 3. The lowest BCUT2D eigenvalue weighted by Gasteiger charge is -2.03. The van der Waals surface area contributed by atoms with Crippen LogP contribution in [-0.2, 0) is 9.84 Å². The molecule has 0 amide bonds. The molecule has 2 N–H and O–H groups in total. The Balaban J connectivity index is 3.20. The van der Waals surface area contributed by atoms with Gasteiger partial charge in [0.1, 0.15) is 17.4 Å². The Labute approximate surface area is 80.5 Å². The van der Waals surface area contributed by atoms with Crippen LogP contribution >= 0.6 is 0 Å². The maximum absolute atomic E-state index is 13.1. The van der Waals surface area contributed by atoms with Crippen molar-refractivity contribution in [3.63, 3.8) is 0 Å². The van der Waals surface area contributed by atoms with E-state index in [1.54, 1.807) is 0 Å². The van der Waals surface area contributed by atoms with Crippen LogP contribution in [-0.4, -0.2) is 20.8 Å². The van der Waals surface area contributed by atoms with E-state index in [9.17, 15) is 17.2 Å². The molecule has 0 aliphatic heterocycles. The summed E-state index contributed by atoms with van der Waals surface area (Å²) in [6.07, 6.45) is 0. The Morgan fingerprint density at radius 1 is 1.36 bits per heavy atom. The Morgan fingerprint density at radius 3 is 2.50 bits per heavy atom. The summed E-state index contributed by atoms with van der Waals surface area (Å²) in [5.41, 5.74) is 5.36. The molecule has 0 saturated heterocycles. The van der Waals surface area contributed by atoms with Gasteiger partial charge in [0.15, 0.2) is 9.84 Å². The molecule has 0 saturated carbocycles. The fourth-order valence-electron chi connectivity index (χ4n) is 0.981. The molecule has 0 aromatic heterocycles. The number of nitrogen functional groups attached to an aromatic ring is 1. The number of nitrogens with two attached hydrogens (primary N) is 1. The summed E-state index contributed by atoms with van der Waals surface area (Å²) in [6, 6.07) is 3.19. The SMILES string of the molecule is Nc1ccc(S(=O)(=O)CCF)c(F)c1. The Bertz CT molecular complexity index is 431. The summed E-state index contributed by atoms with van der Waals surface area (Å²) in [6.45, 7) is -1.04. The number of benzene rings is 1. The van der Waals surface area contributed by atoms with Crippen molar-refractivity contribution in [2.24, 2.45) is 0 Å². The molecule has 1 rings (SSSR count). The first-order chi connectivity index (χ1) is 6.47. The lowest BCUT2D eigenvalue weighted by Crippen LogP contribution is -2.10. The minimum Gasteiger partial charge on any atom is -0.399 e. The average molecular weight is 221 g/mol. The van der Waals surface area contributed by atoms with Crippen molar-refractivity contribution in [2.75, 3.05) is 18.2 Å². The lowest BCUT2D eigenvalue weighted by molar-refractivity contribution is 0.514. The standard InChI is InChI=1S/C8H9F2NO2S/c9-3-4-14(12,13)8-2-1-6(11)5-7(8)10/h1-2,5H,3-4,11H2. The number of hydrogen-bond acceptors (Lipinski definition) is 3. The molecule has 0 radical (unpaired) electrons. The molecule has 0 heterocycles. The summed E-state index contributed by atoms with van der Waals surface area (Å²) in [7, 11) is -3.86. The second kappa shape index (κ2) is 3.91. The van der Waals surface area contributed by atoms with Gasteiger partial charge in [-0.25, -0.2) is 17.2 Å². The van der Waals surface area contributed by atoms with Crippen molar-refractivity contribution in [1.29, 1.82) is 0 Å². The van der Waals surface area contributed by atoms with Crippen molar-refractivity contribution in [2.45, 2.75) is 4.90 Å². The second-order valence-electron chi connectivity index (χ2n) is 2.70. The summed E-state index contributed by atoms with van der Waals surface area (Å²) < 4.78 is 47.4. The van der Waals surface area contributed by atoms with Gasteiger partial charge in [-0.05, 0) is 18.2 Å². The first-order valence-electron chi connectivity index (χ1n) is 3.81. The molecular weight excluding hydrogens is 212 g/mol. The van der Waals surface area contributed by atoms with E-state index < -0.39 is 33.0 Å². The summed E-state index contributed by atoms with van der Waals surface area (Å²) in [4.78, 5) is -0.510. The highest BCUT2D eigenvalue weighted by Gasteiger charge is 2.18. The molecule has 14 heavy (non-hydrogen) atoms. The monoisotopic (exact) mass is 221 g/mol. The van der Waals surface area contributed by atoms with Crippen LogP contribution in [0.25, 0.3) is 0 Å². The van der Waals surface area contributed by atoms with E-state index in [1.807, 2.05) is 0 Å². The van der Waals surface area contributed by atoms with Crippen LogP contribution in [0.2, 0.25) is 0 Å². The number of alkyl halides is 1. The van der Waals surface area contributed by atoms with Crippen LogP contribution in [0.15, 0.2) is 23.1 Å². The van der Waals surface area contributed by atoms with Gasteiger partial charge in [0.25, 0.3) is 0 Å². The van der Waals surface area contributed by atoms with Crippen LogP contribution in [0.5, 0.6) is 0 Å². The average Bonchev–Trinajstić information content (AvgIpc) is 2.02. The fourth-order valence-corrected chi connectivity index (χ4v) is 2.04. The third kappa shape index (κ3) is 2.20. The lowest BCUT2D eigenvalue weighted by atomic mass is 10.3. The molecule has 78 valence electrons. The molecule has 0 bridgehead atoms. The van der Waals surface area contributed by atoms with Gasteiger partial charge in [-0.1, -0.05) is 0 Å². The van der Waals surface area contributed by atoms with Gasteiger partial charge in [-0.3, -0.25) is 0 Å². The van der Waals surface area contributed by atoms with E-state index in [-0.39, 0.29) is 5.69 Å². The smallest absolute Gasteiger partial charge is 0.183 e. The van der Waals surface area contributed by atoms with Crippen LogP contribution in [0.4, 0.5) is 14.5 Å². The molecule has 0 aliphatic rings. The highest BCUT2D eigenvalue weighted by molar-refractivity contribution is 7.91. The zero-order valence-corrected chi connectivity index (χ0v) is 8.02. The van der Waals surface area contributed by atoms with E-state index in [2.05, 4.69) is 0 Å². The van der Waals surface area contributed by atoms with Gasteiger partial charge in [0, 0.05) is 5.69 Å². The van der Waals surface area contributed by atoms with Crippen LogP contribution in [0.3, 0.4) is 0 Å². The molecule has 3 nitrogen and oxygen atoms in total. The van der Waals surface area contributed by atoms with Gasteiger partial charge >= 0.3 is 0 Å². The van der Waals surface area contributed by atoms with Crippen molar-refractivity contribution >= 4 is 15.5 Å². The van der Waals surface area contributed by atoms with Crippen molar-refractivity contribution in [3.8, 4) is 0 Å². The van der Waals surface area contributed by atoms with Gasteiger partial charge < -0.3 is 5.73 Å². The van der Waals surface area contributed by atoms with Gasteiger partial charge in [-0.15, -0.1) is 0 Å². The quantitative estimate of drug-likeness (QED) is 0.779.